The van der Waals surface area contributed by atoms with Gasteiger partial charge in [0, 0.05) is 0 Å². The van der Waals surface area contributed by atoms with Gasteiger partial charge in [-0.2, -0.15) is 0 Å². The van der Waals surface area contributed by atoms with E-state index in [1.807, 2.05) is 43.3 Å². The van der Waals surface area contributed by atoms with Crippen molar-refractivity contribution in [1.82, 2.24) is 0 Å². The average molecular weight is 389 g/mol. The molecule has 0 fully saturated rings. The molecule has 1 aliphatic rings. The number of aryl methyl sites for hydroxylation is 1. The Balaban J connectivity index is 2.01. The van der Waals surface area contributed by atoms with Crippen LogP contribution < -0.4 is 4.46 Å². The summed E-state index contributed by atoms with van der Waals surface area (Å²) in [4.78, 5) is 0.988. The Morgan fingerprint density at radius 1 is 0.870 bits per heavy atom. The van der Waals surface area contributed by atoms with E-state index in [0.717, 1.165) is 16.5 Å². The fourth-order valence-corrected chi connectivity index (χ4v) is 6.84. The van der Waals surface area contributed by atoms with Crippen LogP contribution in [0.5, 0.6) is 0 Å². The molecule has 4 heteroatoms. The van der Waals surface area contributed by atoms with Gasteiger partial charge < -0.3 is 0 Å². The predicted molar refractivity (Wildman–Crippen MR) is 95.6 cm³/mol. The van der Waals surface area contributed by atoms with Gasteiger partial charge in [0.1, 0.15) is 0 Å². The molecule has 0 amide bonds. The predicted octanol–water partition coefficient (Wildman–Crippen LogP) is 3.36. The number of sulfone groups is 1. The summed E-state index contributed by atoms with van der Waals surface area (Å²) in [6.45, 7) is 1.96. The molecule has 0 spiro atoms. The fourth-order valence-electron chi connectivity index (χ4n) is 2.46. The van der Waals surface area contributed by atoms with Crippen molar-refractivity contribution in [2.75, 3.05) is 0 Å². The summed E-state index contributed by atoms with van der Waals surface area (Å²) in [5.74, 6) is 0. The van der Waals surface area contributed by atoms with E-state index in [2.05, 4.69) is 18.2 Å². The molecular weight excluding hydrogens is 371 g/mol. The second-order valence-electron chi connectivity index (χ2n) is 5.46. The van der Waals surface area contributed by atoms with Crippen LogP contribution in [-0.4, -0.2) is 23.4 Å². The zero-order chi connectivity index (χ0) is 16.3. The molecule has 0 N–H and O–H groups in total. The van der Waals surface area contributed by atoms with Crippen molar-refractivity contribution in [3.8, 4) is 0 Å². The Morgan fingerprint density at radius 2 is 1.52 bits per heavy atom. The zero-order valence-electron chi connectivity index (χ0n) is 12.9. The maximum absolute atomic E-state index is 13.0. The second kappa shape index (κ2) is 6.88. The number of allylic oxidation sites excluding steroid dienone is 4. The molecule has 118 valence electrons. The first kappa shape index (κ1) is 16.3. The number of hydrogen-bond donors (Lipinski definition) is 0. The summed E-state index contributed by atoms with van der Waals surface area (Å²) in [5, 5.41) is 0. The third kappa shape index (κ3) is 3.66. The van der Waals surface area contributed by atoms with Crippen molar-refractivity contribution in [3.63, 3.8) is 0 Å². The van der Waals surface area contributed by atoms with E-state index in [1.54, 1.807) is 12.1 Å². The molecule has 0 aliphatic heterocycles. The first-order valence-electron chi connectivity index (χ1n) is 7.49. The molecule has 0 saturated carbocycles. The van der Waals surface area contributed by atoms with Gasteiger partial charge in [0.25, 0.3) is 0 Å². The van der Waals surface area contributed by atoms with E-state index in [-0.39, 0.29) is 15.0 Å². The molecule has 0 atom stereocenters. The minimum atomic E-state index is -3.40. The number of benzene rings is 2. The van der Waals surface area contributed by atoms with Crippen molar-refractivity contribution in [3.05, 3.63) is 81.7 Å². The van der Waals surface area contributed by atoms with Crippen LogP contribution >= 0.6 is 0 Å². The van der Waals surface area contributed by atoms with Gasteiger partial charge in [-0.3, -0.25) is 0 Å². The molecule has 1 aliphatic carbocycles. The summed E-state index contributed by atoms with van der Waals surface area (Å²) in [7, 11) is -3.40. The van der Waals surface area contributed by atoms with Crippen molar-refractivity contribution in [2.45, 2.75) is 24.7 Å². The third-order valence-electron chi connectivity index (χ3n) is 3.72. The van der Waals surface area contributed by atoms with E-state index >= 15 is 0 Å². The van der Waals surface area contributed by atoms with Crippen LogP contribution in [0.4, 0.5) is 0 Å². The molecule has 2 aromatic rings. The Morgan fingerprint density at radius 3 is 2.22 bits per heavy atom. The second-order valence-corrected chi connectivity index (χ2v) is 9.88. The summed E-state index contributed by atoms with van der Waals surface area (Å²) in [6, 6.07) is 17.3. The number of hydrogen-bond acceptors (Lipinski definition) is 2. The molecule has 0 unspecified atom stereocenters. The van der Waals surface area contributed by atoms with Crippen LogP contribution in [-0.2, 0) is 9.84 Å². The normalized spacial score (nSPS) is 15.0. The van der Waals surface area contributed by atoms with Gasteiger partial charge in [0.15, 0.2) is 0 Å². The molecule has 0 saturated heterocycles. The minimum absolute atomic E-state index is 0.0408. The van der Waals surface area contributed by atoms with Crippen molar-refractivity contribution in [1.29, 1.82) is 0 Å². The van der Waals surface area contributed by atoms with Crippen LogP contribution in [0.2, 0.25) is 0 Å². The molecule has 0 radical (unpaired) electrons. The molecule has 2 aromatic carbocycles. The molecule has 0 bridgehead atoms. The Kier molecular flexibility index (Phi) is 4.86. The quantitative estimate of drug-likeness (QED) is 0.594. The van der Waals surface area contributed by atoms with E-state index in [0.29, 0.717) is 16.2 Å². The van der Waals surface area contributed by atoms with Crippen molar-refractivity contribution < 1.29 is 8.42 Å². The van der Waals surface area contributed by atoms with Crippen LogP contribution in [0.15, 0.2) is 81.0 Å². The van der Waals surface area contributed by atoms with E-state index in [9.17, 15) is 8.42 Å². The third-order valence-corrected chi connectivity index (χ3v) is 8.42. The summed E-state index contributed by atoms with van der Waals surface area (Å²) in [5.41, 5.74) is 1.06. The maximum atomic E-state index is 13.0. The topological polar surface area (TPSA) is 34.1 Å². The summed E-state index contributed by atoms with van der Waals surface area (Å²) in [6.07, 6.45) is 5.27. The summed E-state index contributed by atoms with van der Waals surface area (Å²) < 4.78 is 28.3. The number of rotatable bonds is 4. The molecule has 23 heavy (non-hydrogen) atoms. The van der Waals surface area contributed by atoms with Crippen LogP contribution in [0, 0.1) is 6.92 Å². The first-order chi connectivity index (χ1) is 11.1. The molecule has 0 aromatic heterocycles. The Labute approximate surface area is 144 Å². The van der Waals surface area contributed by atoms with Gasteiger partial charge in [0.05, 0.1) is 0 Å². The molecule has 0 heterocycles. The van der Waals surface area contributed by atoms with E-state index in [1.165, 1.54) is 4.46 Å². The van der Waals surface area contributed by atoms with Gasteiger partial charge in [-0.1, -0.05) is 0 Å². The molecule has 2 nitrogen and oxygen atoms in total. The van der Waals surface area contributed by atoms with Gasteiger partial charge in [-0.05, 0) is 0 Å². The summed E-state index contributed by atoms with van der Waals surface area (Å²) >= 11 is 0.0408. The first-order valence-corrected chi connectivity index (χ1v) is 10.7. The van der Waals surface area contributed by atoms with Crippen LogP contribution in [0.25, 0.3) is 0 Å². The van der Waals surface area contributed by atoms with E-state index in [4.69, 9.17) is 0 Å². The Hall–Kier alpha value is -1.61. The van der Waals surface area contributed by atoms with Gasteiger partial charge >= 0.3 is 144 Å². The molecular formula is C19H18O2SSe. The van der Waals surface area contributed by atoms with Gasteiger partial charge in [-0.25, -0.2) is 0 Å². The fraction of sp³-hybridized carbons (Fsp3) is 0.158. The van der Waals surface area contributed by atoms with E-state index < -0.39 is 9.84 Å². The SMILES string of the molecule is Cc1ccc(S(=O)(=O)C2=C([Se]c3ccccc3)CC=CC2)cc1. The Bertz CT molecular complexity index is 848. The van der Waals surface area contributed by atoms with Crippen LogP contribution in [0.3, 0.4) is 0 Å². The average Bonchev–Trinajstić information content (AvgIpc) is 2.56. The molecule has 3 rings (SSSR count). The zero-order valence-corrected chi connectivity index (χ0v) is 15.4. The van der Waals surface area contributed by atoms with Crippen molar-refractivity contribution >= 4 is 29.3 Å². The van der Waals surface area contributed by atoms with Gasteiger partial charge in [-0.15, -0.1) is 0 Å². The monoisotopic (exact) mass is 390 g/mol. The van der Waals surface area contributed by atoms with Gasteiger partial charge in [0.2, 0.25) is 0 Å². The van der Waals surface area contributed by atoms with Crippen molar-refractivity contribution in [2.24, 2.45) is 0 Å². The van der Waals surface area contributed by atoms with Crippen LogP contribution in [0.1, 0.15) is 18.4 Å². The standard InChI is InChI=1S/C19H18O2SSe/c1-15-11-13-16(14-12-15)22(20,21)18-9-5-6-10-19(18)23-17-7-3-2-4-8-17/h2-8,11-14H,9-10H2,1H3.